The highest BCUT2D eigenvalue weighted by Crippen LogP contribution is 2.22. The number of hydrogen-bond acceptors (Lipinski definition) is 5. The molecule has 2 amide bonds. The summed E-state index contributed by atoms with van der Waals surface area (Å²) < 4.78 is 31.2. The standard InChI is InChI=1S/C18H15F2N3O3S/c1-10(22-17(25)15-3-2-6-26-15)16(24)23-18-21-9-12(27-18)7-11-4-5-13(19)14(20)8-11/h2-6,8-10H,7H2,1H3,(H,22,25)(H,21,23,24)/t10-/m1/s1. The molecule has 2 heterocycles. The van der Waals surface area contributed by atoms with E-state index < -0.39 is 29.5 Å². The second kappa shape index (κ2) is 8.09. The predicted octanol–water partition coefficient (Wildman–Crippen LogP) is 3.36. The number of carbonyl (C=O) groups is 2. The number of halogens is 2. The molecule has 2 N–H and O–H groups in total. The van der Waals surface area contributed by atoms with Crippen LogP contribution in [0.2, 0.25) is 0 Å². The van der Waals surface area contributed by atoms with Gasteiger partial charge in [-0.05, 0) is 36.8 Å². The Kier molecular flexibility index (Phi) is 5.60. The van der Waals surface area contributed by atoms with Gasteiger partial charge in [-0.25, -0.2) is 13.8 Å². The van der Waals surface area contributed by atoms with Gasteiger partial charge in [-0.15, -0.1) is 11.3 Å². The fourth-order valence-corrected chi connectivity index (χ4v) is 3.10. The Bertz CT molecular complexity index is 957. The van der Waals surface area contributed by atoms with Gasteiger partial charge in [0.25, 0.3) is 5.91 Å². The lowest BCUT2D eigenvalue weighted by molar-refractivity contribution is -0.117. The van der Waals surface area contributed by atoms with Crippen molar-refractivity contribution in [2.45, 2.75) is 19.4 Å². The van der Waals surface area contributed by atoms with Crippen molar-refractivity contribution in [1.82, 2.24) is 10.3 Å². The van der Waals surface area contributed by atoms with Gasteiger partial charge < -0.3 is 15.1 Å². The van der Waals surface area contributed by atoms with Crippen molar-refractivity contribution in [2.24, 2.45) is 0 Å². The van der Waals surface area contributed by atoms with Gasteiger partial charge in [0, 0.05) is 17.5 Å². The Balaban J connectivity index is 1.57. The van der Waals surface area contributed by atoms with E-state index in [0.29, 0.717) is 17.1 Å². The lowest BCUT2D eigenvalue weighted by Gasteiger charge is -2.11. The lowest BCUT2D eigenvalue weighted by Crippen LogP contribution is -2.41. The number of rotatable bonds is 6. The van der Waals surface area contributed by atoms with Gasteiger partial charge in [-0.1, -0.05) is 6.07 Å². The van der Waals surface area contributed by atoms with Crippen LogP contribution in [-0.2, 0) is 11.2 Å². The summed E-state index contributed by atoms with van der Waals surface area (Å²) in [5.74, 6) is -2.64. The van der Waals surface area contributed by atoms with Gasteiger partial charge in [0.1, 0.15) is 6.04 Å². The number of hydrogen-bond donors (Lipinski definition) is 2. The highest BCUT2D eigenvalue weighted by atomic mass is 32.1. The molecule has 27 heavy (non-hydrogen) atoms. The molecule has 3 aromatic rings. The van der Waals surface area contributed by atoms with Crippen molar-refractivity contribution in [1.29, 1.82) is 0 Å². The molecule has 1 aromatic carbocycles. The zero-order chi connectivity index (χ0) is 19.4. The average molecular weight is 391 g/mol. The van der Waals surface area contributed by atoms with E-state index in [4.69, 9.17) is 4.42 Å². The molecule has 0 aliphatic heterocycles. The Morgan fingerprint density at radius 1 is 1.26 bits per heavy atom. The average Bonchev–Trinajstić information content (AvgIpc) is 3.30. The molecular formula is C18H15F2N3O3S. The normalized spacial score (nSPS) is 11.8. The molecule has 2 aromatic heterocycles. The SMILES string of the molecule is C[C@@H](NC(=O)c1ccco1)C(=O)Nc1ncc(Cc2ccc(F)c(F)c2)s1. The van der Waals surface area contributed by atoms with Gasteiger partial charge in [0.05, 0.1) is 6.26 Å². The van der Waals surface area contributed by atoms with Crippen molar-refractivity contribution in [2.75, 3.05) is 5.32 Å². The number of nitrogens with one attached hydrogen (secondary N) is 2. The monoisotopic (exact) mass is 391 g/mol. The molecule has 3 rings (SSSR count). The van der Waals surface area contributed by atoms with E-state index in [1.807, 2.05) is 0 Å². The maximum Gasteiger partial charge on any atom is 0.287 e. The Labute approximate surface area is 157 Å². The van der Waals surface area contributed by atoms with Crippen molar-refractivity contribution in [3.63, 3.8) is 0 Å². The summed E-state index contributed by atoms with van der Waals surface area (Å²) in [7, 11) is 0. The maximum absolute atomic E-state index is 13.3. The highest BCUT2D eigenvalue weighted by Gasteiger charge is 2.19. The zero-order valence-electron chi connectivity index (χ0n) is 14.2. The first-order chi connectivity index (χ1) is 12.9. The van der Waals surface area contributed by atoms with Crippen LogP contribution in [-0.4, -0.2) is 22.8 Å². The fraction of sp³-hybridized carbons (Fsp3) is 0.167. The fourth-order valence-electron chi connectivity index (χ4n) is 2.25. The smallest absolute Gasteiger partial charge is 0.287 e. The topological polar surface area (TPSA) is 84.2 Å². The summed E-state index contributed by atoms with van der Waals surface area (Å²) in [4.78, 5) is 28.9. The number of nitrogens with zero attached hydrogens (tertiary/aromatic N) is 1. The van der Waals surface area contributed by atoms with Crippen LogP contribution in [0.3, 0.4) is 0 Å². The van der Waals surface area contributed by atoms with E-state index in [1.54, 1.807) is 12.3 Å². The minimum atomic E-state index is -0.910. The highest BCUT2D eigenvalue weighted by molar-refractivity contribution is 7.15. The van der Waals surface area contributed by atoms with Crippen molar-refractivity contribution < 1.29 is 22.8 Å². The lowest BCUT2D eigenvalue weighted by atomic mass is 10.1. The van der Waals surface area contributed by atoms with Gasteiger partial charge in [0.2, 0.25) is 5.91 Å². The summed E-state index contributed by atoms with van der Waals surface area (Å²) in [6.07, 6.45) is 3.27. The molecule has 0 saturated heterocycles. The van der Waals surface area contributed by atoms with Gasteiger partial charge >= 0.3 is 0 Å². The number of aromatic nitrogens is 1. The molecule has 0 bridgehead atoms. The van der Waals surface area contributed by atoms with Crippen molar-refractivity contribution >= 4 is 28.3 Å². The molecule has 6 nitrogen and oxygen atoms in total. The number of carbonyl (C=O) groups excluding carboxylic acids is 2. The Hall–Kier alpha value is -3.07. The van der Waals surface area contributed by atoms with E-state index in [0.717, 1.165) is 17.0 Å². The molecule has 0 aliphatic rings. The van der Waals surface area contributed by atoms with Crippen LogP contribution in [0.1, 0.15) is 27.9 Å². The molecule has 0 spiro atoms. The minimum absolute atomic E-state index is 0.109. The van der Waals surface area contributed by atoms with E-state index in [2.05, 4.69) is 15.6 Å². The quantitative estimate of drug-likeness (QED) is 0.675. The van der Waals surface area contributed by atoms with E-state index in [1.165, 1.54) is 36.7 Å². The summed E-state index contributed by atoms with van der Waals surface area (Å²) >= 11 is 1.21. The van der Waals surface area contributed by atoms with E-state index >= 15 is 0 Å². The molecule has 1 atom stereocenters. The van der Waals surface area contributed by atoms with E-state index in [9.17, 15) is 18.4 Å². The molecule has 0 unspecified atom stereocenters. The van der Waals surface area contributed by atoms with Gasteiger partial charge in [0.15, 0.2) is 22.5 Å². The van der Waals surface area contributed by atoms with E-state index in [-0.39, 0.29) is 5.76 Å². The number of anilines is 1. The van der Waals surface area contributed by atoms with Crippen LogP contribution in [0.15, 0.2) is 47.2 Å². The number of thiazole rings is 1. The van der Waals surface area contributed by atoms with Crippen LogP contribution >= 0.6 is 11.3 Å². The Morgan fingerprint density at radius 2 is 2.07 bits per heavy atom. The number of furan rings is 1. The van der Waals surface area contributed by atoms with Crippen LogP contribution in [0, 0.1) is 11.6 Å². The van der Waals surface area contributed by atoms with Crippen molar-refractivity contribution in [3.05, 3.63) is 70.6 Å². The molecule has 0 fully saturated rings. The van der Waals surface area contributed by atoms with Crippen LogP contribution < -0.4 is 10.6 Å². The molecule has 9 heteroatoms. The van der Waals surface area contributed by atoms with Gasteiger partial charge in [-0.2, -0.15) is 0 Å². The summed E-state index contributed by atoms with van der Waals surface area (Å²) in [6.45, 7) is 1.53. The third-order valence-corrected chi connectivity index (χ3v) is 4.54. The molecule has 0 saturated carbocycles. The second-order valence-electron chi connectivity index (χ2n) is 5.72. The predicted molar refractivity (Wildman–Crippen MR) is 95.5 cm³/mol. The maximum atomic E-state index is 13.3. The molecule has 0 aliphatic carbocycles. The largest absolute Gasteiger partial charge is 0.459 e. The van der Waals surface area contributed by atoms with Gasteiger partial charge in [-0.3, -0.25) is 9.59 Å². The summed E-state index contributed by atoms with van der Waals surface area (Å²) in [5.41, 5.74) is 0.592. The van der Waals surface area contributed by atoms with Crippen molar-refractivity contribution in [3.8, 4) is 0 Å². The molecular weight excluding hydrogens is 376 g/mol. The third-order valence-electron chi connectivity index (χ3n) is 3.63. The number of amides is 2. The summed E-state index contributed by atoms with van der Waals surface area (Å²) in [6, 6.07) is 5.94. The first-order valence-electron chi connectivity index (χ1n) is 7.96. The molecule has 140 valence electrons. The first kappa shape index (κ1) is 18.7. The third kappa shape index (κ3) is 4.76. The van der Waals surface area contributed by atoms with Crippen LogP contribution in [0.4, 0.5) is 13.9 Å². The summed E-state index contributed by atoms with van der Waals surface area (Å²) in [5, 5.41) is 5.47. The number of benzene rings is 1. The van der Waals surface area contributed by atoms with Crippen LogP contribution in [0.5, 0.6) is 0 Å². The molecule has 0 radical (unpaired) electrons. The zero-order valence-corrected chi connectivity index (χ0v) is 15.0. The van der Waals surface area contributed by atoms with Crippen LogP contribution in [0.25, 0.3) is 0 Å². The second-order valence-corrected chi connectivity index (χ2v) is 6.83. The minimum Gasteiger partial charge on any atom is -0.459 e. The first-order valence-corrected chi connectivity index (χ1v) is 8.78. The Morgan fingerprint density at radius 3 is 2.78 bits per heavy atom.